The van der Waals surface area contributed by atoms with Gasteiger partial charge in [0, 0.05) is 18.1 Å². The minimum atomic E-state index is -0.181. The highest BCUT2D eigenvalue weighted by molar-refractivity contribution is 6.30. The molecule has 2 atom stereocenters. The average Bonchev–Trinajstić information content (AvgIpc) is 3.10. The lowest BCUT2D eigenvalue weighted by molar-refractivity contribution is 0.0591. The number of hydrogen-bond acceptors (Lipinski definition) is 5. The molecule has 6 heteroatoms. The Morgan fingerprint density at radius 3 is 2.44 bits per heavy atom. The molecule has 0 aromatic heterocycles. The Balaban J connectivity index is 2.22. The standard InChI is InChI=1S/C21H36ClN5/c1-7-26(8-2)15-21(6,27(9-3)10-4)25-20-23-14-19(24-20)18-13-17(22)12-11-16(18)5/h11-13,19H,7-10,14-15H2,1-6H3,(H2,23,24,25). The Hall–Kier alpha value is -1.30. The molecule has 1 aliphatic rings. The van der Waals surface area contributed by atoms with E-state index >= 15 is 0 Å². The number of aliphatic imine (C=N–C) groups is 1. The lowest BCUT2D eigenvalue weighted by Crippen LogP contribution is -2.65. The van der Waals surface area contributed by atoms with E-state index in [2.05, 4.69) is 68.0 Å². The molecular formula is C21H36ClN5. The van der Waals surface area contributed by atoms with Crippen molar-refractivity contribution < 1.29 is 0 Å². The van der Waals surface area contributed by atoms with Crippen LogP contribution in [-0.4, -0.2) is 60.7 Å². The van der Waals surface area contributed by atoms with Crippen molar-refractivity contribution >= 4 is 17.6 Å². The summed E-state index contributed by atoms with van der Waals surface area (Å²) in [5.74, 6) is 0.876. The number of rotatable bonds is 9. The number of nitrogens with zero attached hydrogens (tertiary/aromatic N) is 3. The minimum Gasteiger partial charge on any atom is -0.354 e. The first kappa shape index (κ1) is 22.0. The quantitative estimate of drug-likeness (QED) is 0.628. The van der Waals surface area contributed by atoms with Crippen molar-refractivity contribution in [3.8, 4) is 0 Å². The summed E-state index contributed by atoms with van der Waals surface area (Å²) in [4.78, 5) is 9.87. The molecule has 2 unspecified atom stereocenters. The molecule has 0 radical (unpaired) electrons. The van der Waals surface area contributed by atoms with Gasteiger partial charge in [-0.05, 0) is 63.3 Å². The predicted octanol–water partition coefficient (Wildman–Crippen LogP) is 3.64. The van der Waals surface area contributed by atoms with E-state index in [1.54, 1.807) is 0 Å². The smallest absolute Gasteiger partial charge is 0.193 e. The van der Waals surface area contributed by atoms with Gasteiger partial charge < -0.3 is 15.5 Å². The van der Waals surface area contributed by atoms with Gasteiger partial charge in [0.15, 0.2) is 5.96 Å². The van der Waals surface area contributed by atoms with Crippen LogP contribution in [0.5, 0.6) is 0 Å². The third-order valence-electron chi connectivity index (χ3n) is 5.62. The van der Waals surface area contributed by atoms with Crippen LogP contribution in [0.1, 0.15) is 51.8 Å². The molecule has 0 aliphatic carbocycles. The highest BCUT2D eigenvalue weighted by Gasteiger charge is 2.34. The summed E-state index contributed by atoms with van der Waals surface area (Å²) in [7, 11) is 0. The van der Waals surface area contributed by atoms with Gasteiger partial charge in [-0.25, -0.2) is 4.99 Å². The van der Waals surface area contributed by atoms with Gasteiger partial charge in [0.1, 0.15) is 5.66 Å². The number of aryl methyl sites for hydroxylation is 1. The van der Waals surface area contributed by atoms with E-state index in [1.807, 2.05) is 12.1 Å². The second-order valence-electron chi connectivity index (χ2n) is 7.41. The Labute approximate surface area is 170 Å². The van der Waals surface area contributed by atoms with E-state index in [0.717, 1.165) is 50.3 Å². The monoisotopic (exact) mass is 393 g/mol. The molecule has 0 saturated heterocycles. The van der Waals surface area contributed by atoms with Crippen molar-refractivity contribution in [3.63, 3.8) is 0 Å². The fraction of sp³-hybridized carbons (Fsp3) is 0.667. The first-order chi connectivity index (χ1) is 12.9. The first-order valence-electron chi connectivity index (χ1n) is 10.2. The van der Waals surface area contributed by atoms with Crippen molar-refractivity contribution in [3.05, 3.63) is 34.3 Å². The molecule has 0 fully saturated rings. The molecule has 1 aliphatic heterocycles. The number of likely N-dealkylation sites (N-methyl/N-ethyl adjacent to an activating group) is 2. The van der Waals surface area contributed by atoms with E-state index in [4.69, 9.17) is 16.6 Å². The van der Waals surface area contributed by atoms with Crippen LogP contribution in [0, 0.1) is 6.92 Å². The highest BCUT2D eigenvalue weighted by atomic mass is 35.5. The van der Waals surface area contributed by atoms with Crippen molar-refractivity contribution in [1.82, 2.24) is 20.4 Å². The Kier molecular flexibility index (Phi) is 7.95. The molecule has 0 amide bonds. The zero-order valence-corrected chi connectivity index (χ0v) is 18.5. The fourth-order valence-electron chi connectivity index (χ4n) is 3.94. The summed E-state index contributed by atoms with van der Waals surface area (Å²) >= 11 is 6.21. The predicted molar refractivity (Wildman–Crippen MR) is 117 cm³/mol. The summed E-state index contributed by atoms with van der Waals surface area (Å²) in [6.45, 7) is 19.1. The van der Waals surface area contributed by atoms with Gasteiger partial charge in [-0.15, -0.1) is 0 Å². The van der Waals surface area contributed by atoms with Crippen LogP contribution >= 0.6 is 11.6 Å². The maximum absolute atomic E-state index is 6.21. The van der Waals surface area contributed by atoms with E-state index < -0.39 is 0 Å². The van der Waals surface area contributed by atoms with Crippen molar-refractivity contribution in [2.75, 3.05) is 39.3 Å². The van der Waals surface area contributed by atoms with E-state index in [9.17, 15) is 0 Å². The summed E-state index contributed by atoms with van der Waals surface area (Å²) in [5, 5.41) is 7.95. The Bertz CT molecular complexity index is 639. The maximum atomic E-state index is 6.21. The number of nitrogens with one attached hydrogen (secondary N) is 2. The Morgan fingerprint density at radius 1 is 1.19 bits per heavy atom. The van der Waals surface area contributed by atoms with Crippen molar-refractivity contribution in [2.24, 2.45) is 4.99 Å². The molecule has 2 N–H and O–H groups in total. The maximum Gasteiger partial charge on any atom is 0.193 e. The zero-order valence-electron chi connectivity index (χ0n) is 17.8. The van der Waals surface area contributed by atoms with Gasteiger partial charge in [0.2, 0.25) is 0 Å². The Morgan fingerprint density at radius 2 is 1.85 bits per heavy atom. The van der Waals surface area contributed by atoms with Gasteiger partial charge in [-0.2, -0.15) is 0 Å². The molecule has 0 spiro atoms. The summed E-state index contributed by atoms with van der Waals surface area (Å²) < 4.78 is 0. The zero-order chi connectivity index (χ0) is 20.0. The van der Waals surface area contributed by atoms with Crippen LogP contribution in [0.4, 0.5) is 0 Å². The molecule has 1 aromatic rings. The highest BCUT2D eigenvalue weighted by Crippen LogP contribution is 2.26. The lowest BCUT2D eigenvalue weighted by atomic mass is 10.0. The van der Waals surface area contributed by atoms with Gasteiger partial charge in [-0.1, -0.05) is 45.4 Å². The third kappa shape index (κ3) is 5.37. The first-order valence-corrected chi connectivity index (χ1v) is 10.6. The molecule has 27 heavy (non-hydrogen) atoms. The largest absolute Gasteiger partial charge is 0.354 e. The molecule has 5 nitrogen and oxygen atoms in total. The molecule has 1 heterocycles. The molecule has 0 saturated carbocycles. The molecular weight excluding hydrogens is 358 g/mol. The topological polar surface area (TPSA) is 42.9 Å². The summed E-state index contributed by atoms with van der Waals surface area (Å²) in [6, 6.07) is 6.14. The van der Waals surface area contributed by atoms with Crippen LogP contribution < -0.4 is 10.6 Å². The fourth-order valence-corrected chi connectivity index (χ4v) is 4.13. The van der Waals surface area contributed by atoms with Gasteiger partial charge in [0.25, 0.3) is 0 Å². The normalized spacial score (nSPS) is 19.1. The SMILES string of the molecule is CCN(CC)CC(C)(NC1=NC(c2cc(Cl)ccc2C)CN1)N(CC)CC. The van der Waals surface area contributed by atoms with Crippen LogP contribution in [0.15, 0.2) is 23.2 Å². The second-order valence-corrected chi connectivity index (χ2v) is 7.84. The number of guanidine groups is 1. The van der Waals surface area contributed by atoms with Crippen LogP contribution in [-0.2, 0) is 0 Å². The van der Waals surface area contributed by atoms with Crippen LogP contribution in [0.25, 0.3) is 0 Å². The number of hydrogen-bond donors (Lipinski definition) is 2. The van der Waals surface area contributed by atoms with Gasteiger partial charge in [0.05, 0.1) is 6.04 Å². The van der Waals surface area contributed by atoms with Crippen molar-refractivity contribution in [1.29, 1.82) is 0 Å². The van der Waals surface area contributed by atoms with Gasteiger partial charge >= 0.3 is 0 Å². The van der Waals surface area contributed by atoms with E-state index in [0.29, 0.717) is 0 Å². The average molecular weight is 394 g/mol. The van der Waals surface area contributed by atoms with Crippen LogP contribution in [0.2, 0.25) is 5.02 Å². The lowest BCUT2D eigenvalue weighted by Gasteiger charge is -2.44. The molecule has 1 aromatic carbocycles. The molecule has 2 rings (SSSR count). The van der Waals surface area contributed by atoms with Gasteiger partial charge in [-0.3, -0.25) is 4.90 Å². The van der Waals surface area contributed by atoms with E-state index in [1.165, 1.54) is 11.1 Å². The summed E-state index contributed by atoms with van der Waals surface area (Å²) in [5.41, 5.74) is 2.24. The van der Waals surface area contributed by atoms with E-state index in [-0.39, 0.29) is 11.7 Å². The number of halogens is 1. The molecule has 152 valence electrons. The second kappa shape index (κ2) is 9.76. The molecule has 0 bridgehead atoms. The minimum absolute atomic E-state index is 0.0978. The summed E-state index contributed by atoms with van der Waals surface area (Å²) in [6.07, 6.45) is 0. The number of benzene rings is 1. The van der Waals surface area contributed by atoms with Crippen molar-refractivity contribution in [2.45, 2.75) is 53.2 Å². The third-order valence-corrected chi connectivity index (χ3v) is 5.86. The van der Waals surface area contributed by atoms with Crippen LogP contribution in [0.3, 0.4) is 0 Å².